The van der Waals surface area contributed by atoms with Gasteiger partial charge in [-0.25, -0.2) is 0 Å². The van der Waals surface area contributed by atoms with E-state index in [1.165, 1.54) is 0 Å². The fraction of sp³-hybridized carbons (Fsp3) is 0.909. The molecule has 2 unspecified atom stereocenters. The van der Waals surface area contributed by atoms with Crippen LogP contribution in [-0.4, -0.2) is 56.7 Å². The van der Waals surface area contributed by atoms with E-state index in [-0.39, 0.29) is 11.9 Å². The normalized spacial score (nSPS) is 22.4. The molecule has 3 N–H and O–H groups in total. The molecule has 16 heavy (non-hydrogen) atoms. The zero-order valence-electron chi connectivity index (χ0n) is 10.2. The predicted molar refractivity (Wildman–Crippen MR) is 63.1 cm³/mol. The van der Waals surface area contributed by atoms with Gasteiger partial charge in [-0.05, 0) is 19.9 Å². The highest BCUT2D eigenvalue weighted by atomic mass is 16.5. The fourth-order valence-electron chi connectivity index (χ4n) is 1.99. The van der Waals surface area contributed by atoms with Crippen molar-refractivity contribution in [3.8, 4) is 0 Å². The second kappa shape index (κ2) is 6.83. The molecule has 1 rings (SSSR count). The molecule has 1 heterocycles. The number of carbonyl (C=O) groups is 1. The van der Waals surface area contributed by atoms with E-state index < -0.39 is 0 Å². The summed E-state index contributed by atoms with van der Waals surface area (Å²) in [6, 6.07) is 0.101. The third-order valence-electron chi connectivity index (χ3n) is 3.11. The van der Waals surface area contributed by atoms with E-state index in [9.17, 15) is 4.79 Å². The lowest BCUT2D eigenvalue weighted by atomic mass is 10.1. The topological polar surface area (TPSA) is 67.6 Å². The van der Waals surface area contributed by atoms with Crippen molar-refractivity contribution in [2.24, 2.45) is 5.73 Å². The lowest BCUT2D eigenvalue weighted by molar-refractivity contribution is -0.121. The molecule has 94 valence electrons. The molecule has 0 spiro atoms. The zero-order valence-corrected chi connectivity index (χ0v) is 10.2. The smallest absolute Gasteiger partial charge is 0.221 e. The summed E-state index contributed by atoms with van der Waals surface area (Å²) in [6.45, 7) is 2.22. The van der Waals surface area contributed by atoms with Crippen LogP contribution in [0.5, 0.6) is 0 Å². The summed E-state index contributed by atoms with van der Waals surface area (Å²) in [5.41, 5.74) is 5.69. The van der Waals surface area contributed by atoms with Crippen LogP contribution in [0.4, 0.5) is 0 Å². The Morgan fingerprint density at radius 2 is 2.44 bits per heavy atom. The molecular weight excluding hydrogens is 206 g/mol. The van der Waals surface area contributed by atoms with Crippen molar-refractivity contribution in [1.29, 1.82) is 0 Å². The van der Waals surface area contributed by atoms with Crippen molar-refractivity contribution in [2.75, 3.05) is 33.8 Å². The number of carbonyl (C=O) groups excluding carboxylic acids is 1. The number of nitrogens with two attached hydrogens (primary N) is 1. The summed E-state index contributed by atoms with van der Waals surface area (Å²) in [7, 11) is 3.65. The molecule has 0 aromatic heterocycles. The van der Waals surface area contributed by atoms with Crippen LogP contribution < -0.4 is 11.1 Å². The van der Waals surface area contributed by atoms with Gasteiger partial charge in [0.05, 0.1) is 6.10 Å². The summed E-state index contributed by atoms with van der Waals surface area (Å²) in [4.78, 5) is 13.4. The SMILES string of the molecule is CNC(=O)CC(CN)N(C)CC1CCCO1. The number of nitrogens with zero attached hydrogens (tertiary/aromatic N) is 1. The maximum absolute atomic E-state index is 11.3. The Labute approximate surface area is 97.3 Å². The van der Waals surface area contributed by atoms with Crippen LogP contribution in [0.15, 0.2) is 0 Å². The Morgan fingerprint density at radius 3 is 2.94 bits per heavy atom. The van der Waals surface area contributed by atoms with Crippen LogP contribution in [0.1, 0.15) is 19.3 Å². The van der Waals surface area contributed by atoms with Gasteiger partial charge < -0.3 is 15.8 Å². The second-order valence-corrected chi connectivity index (χ2v) is 4.34. The summed E-state index contributed by atoms with van der Waals surface area (Å²) >= 11 is 0. The molecule has 0 bridgehead atoms. The molecule has 5 nitrogen and oxygen atoms in total. The summed E-state index contributed by atoms with van der Waals surface area (Å²) in [5, 5.41) is 2.63. The highest BCUT2D eigenvalue weighted by molar-refractivity contribution is 5.76. The number of likely N-dealkylation sites (N-methyl/N-ethyl adjacent to an activating group) is 1. The maximum Gasteiger partial charge on any atom is 0.221 e. The predicted octanol–water partition coefficient (Wildman–Crippen LogP) is -0.439. The molecule has 0 aromatic carbocycles. The number of nitrogens with one attached hydrogen (secondary N) is 1. The first-order valence-electron chi connectivity index (χ1n) is 5.89. The monoisotopic (exact) mass is 229 g/mol. The van der Waals surface area contributed by atoms with Gasteiger partial charge in [0, 0.05) is 39.2 Å². The molecule has 1 saturated heterocycles. The van der Waals surface area contributed by atoms with E-state index in [2.05, 4.69) is 10.2 Å². The van der Waals surface area contributed by atoms with Gasteiger partial charge in [-0.1, -0.05) is 0 Å². The minimum atomic E-state index is 0.0367. The number of ether oxygens (including phenoxy) is 1. The molecule has 1 amide bonds. The van der Waals surface area contributed by atoms with Crippen molar-refractivity contribution in [3.05, 3.63) is 0 Å². The fourth-order valence-corrected chi connectivity index (χ4v) is 1.99. The van der Waals surface area contributed by atoms with E-state index in [1.807, 2.05) is 7.05 Å². The van der Waals surface area contributed by atoms with Crippen molar-refractivity contribution < 1.29 is 9.53 Å². The molecule has 0 aliphatic carbocycles. The lowest BCUT2D eigenvalue weighted by Gasteiger charge is -2.28. The van der Waals surface area contributed by atoms with Gasteiger partial charge in [0.1, 0.15) is 0 Å². The van der Waals surface area contributed by atoms with Crippen molar-refractivity contribution >= 4 is 5.91 Å². The zero-order chi connectivity index (χ0) is 12.0. The molecule has 0 radical (unpaired) electrons. The van der Waals surface area contributed by atoms with Gasteiger partial charge in [-0.3, -0.25) is 9.69 Å². The van der Waals surface area contributed by atoms with Crippen LogP contribution in [0.3, 0.4) is 0 Å². The quantitative estimate of drug-likeness (QED) is 0.648. The minimum Gasteiger partial charge on any atom is -0.377 e. The number of rotatable bonds is 6. The van der Waals surface area contributed by atoms with Gasteiger partial charge in [-0.15, -0.1) is 0 Å². The largest absolute Gasteiger partial charge is 0.377 e. The molecular formula is C11H23N3O2. The highest BCUT2D eigenvalue weighted by Crippen LogP contribution is 2.14. The molecule has 5 heteroatoms. The van der Waals surface area contributed by atoms with Crippen molar-refractivity contribution in [2.45, 2.75) is 31.4 Å². The van der Waals surface area contributed by atoms with Gasteiger partial charge in [0.25, 0.3) is 0 Å². The summed E-state index contributed by atoms with van der Waals surface area (Å²) in [6.07, 6.45) is 3.02. The molecule has 1 fully saturated rings. The van der Waals surface area contributed by atoms with Crippen LogP contribution in [0.25, 0.3) is 0 Å². The lowest BCUT2D eigenvalue weighted by Crippen LogP contribution is -2.44. The van der Waals surface area contributed by atoms with Gasteiger partial charge in [-0.2, -0.15) is 0 Å². The average Bonchev–Trinajstić information content (AvgIpc) is 2.77. The standard InChI is InChI=1S/C11H23N3O2/c1-13-11(15)6-9(7-12)14(2)8-10-4-3-5-16-10/h9-10H,3-8,12H2,1-2H3,(H,13,15). The maximum atomic E-state index is 11.3. The van der Waals surface area contributed by atoms with E-state index in [1.54, 1.807) is 7.05 Å². The summed E-state index contributed by atoms with van der Waals surface area (Å²) < 4.78 is 5.57. The second-order valence-electron chi connectivity index (χ2n) is 4.34. The first-order chi connectivity index (χ1) is 7.67. The molecule has 2 atom stereocenters. The van der Waals surface area contributed by atoms with Gasteiger partial charge >= 0.3 is 0 Å². The minimum absolute atomic E-state index is 0.0367. The van der Waals surface area contributed by atoms with E-state index in [0.717, 1.165) is 26.0 Å². The molecule has 0 saturated carbocycles. The van der Waals surface area contributed by atoms with E-state index >= 15 is 0 Å². The number of hydrogen-bond donors (Lipinski definition) is 2. The Hall–Kier alpha value is -0.650. The third kappa shape index (κ3) is 4.08. The highest BCUT2D eigenvalue weighted by Gasteiger charge is 2.22. The van der Waals surface area contributed by atoms with Crippen LogP contribution >= 0.6 is 0 Å². The summed E-state index contributed by atoms with van der Waals surface area (Å²) in [5.74, 6) is 0.0367. The van der Waals surface area contributed by atoms with Crippen LogP contribution in [-0.2, 0) is 9.53 Å². The third-order valence-corrected chi connectivity index (χ3v) is 3.11. The Kier molecular flexibility index (Phi) is 5.73. The first kappa shape index (κ1) is 13.4. The van der Waals surface area contributed by atoms with Crippen molar-refractivity contribution in [1.82, 2.24) is 10.2 Å². The average molecular weight is 229 g/mol. The van der Waals surface area contributed by atoms with Gasteiger partial charge in [0.2, 0.25) is 5.91 Å². The molecule has 1 aliphatic rings. The molecule has 1 aliphatic heterocycles. The number of amides is 1. The number of hydrogen-bond acceptors (Lipinski definition) is 4. The Balaban J connectivity index is 2.35. The first-order valence-corrected chi connectivity index (χ1v) is 5.89. The van der Waals surface area contributed by atoms with Crippen molar-refractivity contribution in [3.63, 3.8) is 0 Å². The van der Waals surface area contributed by atoms with Crippen LogP contribution in [0.2, 0.25) is 0 Å². The Bertz CT molecular complexity index is 217. The van der Waals surface area contributed by atoms with E-state index in [4.69, 9.17) is 10.5 Å². The molecule has 0 aromatic rings. The van der Waals surface area contributed by atoms with Crippen LogP contribution in [0, 0.1) is 0 Å². The van der Waals surface area contributed by atoms with Gasteiger partial charge in [0.15, 0.2) is 0 Å². The van der Waals surface area contributed by atoms with E-state index in [0.29, 0.717) is 19.1 Å². The Morgan fingerprint density at radius 1 is 1.69 bits per heavy atom.